The first-order valence-corrected chi connectivity index (χ1v) is 12.0. The molecule has 0 radical (unpaired) electrons. The van der Waals surface area contributed by atoms with Gasteiger partial charge in [0.15, 0.2) is 0 Å². The van der Waals surface area contributed by atoms with E-state index in [1.54, 1.807) is 42.5 Å². The van der Waals surface area contributed by atoms with E-state index >= 15 is 0 Å². The van der Waals surface area contributed by atoms with Gasteiger partial charge >= 0.3 is 0 Å². The molecule has 0 aliphatic carbocycles. The van der Waals surface area contributed by atoms with Crippen LogP contribution in [-0.4, -0.2) is 27.5 Å². The maximum absolute atomic E-state index is 13.5. The van der Waals surface area contributed by atoms with Crippen molar-refractivity contribution < 1.29 is 17.9 Å². The normalized spacial score (nSPS) is 12.1. The molecule has 3 aromatic rings. The average molecular weight is 453 g/mol. The second-order valence-corrected chi connectivity index (χ2v) is 9.05. The molecule has 1 unspecified atom stereocenters. The number of rotatable bonds is 10. The molecule has 7 heteroatoms. The number of carbonyl (C=O) groups excluding carboxylic acids is 1. The van der Waals surface area contributed by atoms with Gasteiger partial charge in [-0.05, 0) is 55.3 Å². The van der Waals surface area contributed by atoms with E-state index in [2.05, 4.69) is 5.32 Å². The zero-order valence-electron chi connectivity index (χ0n) is 18.3. The van der Waals surface area contributed by atoms with Crippen LogP contribution in [0.1, 0.15) is 31.9 Å². The van der Waals surface area contributed by atoms with Gasteiger partial charge in [0.25, 0.3) is 10.0 Å². The molecule has 0 bridgehead atoms. The molecule has 0 fully saturated rings. The standard InChI is InChI=1S/C25H28N2O4S/c1-3-24(20-11-7-5-8-12-20)26-25(28)19-27(21-13-9-6-10-14-21)32(29,30)23-17-15-22(16-18-23)31-4-2/h5-18,24H,3-4,19H2,1-2H3,(H,26,28). The SMILES string of the molecule is CCOc1ccc(S(=O)(=O)N(CC(=O)NC(CC)c2ccccc2)c2ccccc2)cc1. The second kappa shape index (κ2) is 10.8. The van der Waals surface area contributed by atoms with Gasteiger partial charge in [-0.25, -0.2) is 8.42 Å². The molecule has 0 aliphatic heterocycles. The zero-order chi connectivity index (χ0) is 23.0. The maximum atomic E-state index is 13.5. The van der Waals surface area contributed by atoms with Gasteiger partial charge in [-0.15, -0.1) is 0 Å². The van der Waals surface area contributed by atoms with E-state index in [4.69, 9.17) is 4.74 Å². The Morgan fingerprint density at radius 3 is 2.06 bits per heavy atom. The first-order chi connectivity index (χ1) is 15.5. The van der Waals surface area contributed by atoms with Crippen molar-refractivity contribution in [3.8, 4) is 5.75 Å². The summed E-state index contributed by atoms with van der Waals surface area (Å²) in [5, 5.41) is 2.97. The monoisotopic (exact) mass is 452 g/mol. The van der Waals surface area contributed by atoms with Crippen LogP contribution in [0.25, 0.3) is 0 Å². The fraction of sp³-hybridized carbons (Fsp3) is 0.240. The highest BCUT2D eigenvalue weighted by molar-refractivity contribution is 7.92. The summed E-state index contributed by atoms with van der Waals surface area (Å²) in [7, 11) is -3.97. The van der Waals surface area contributed by atoms with Gasteiger partial charge < -0.3 is 10.1 Å². The molecule has 32 heavy (non-hydrogen) atoms. The quantitative estimate of drug-likeness (QED) is 0.490. The molecule has 0 spiro atoms. The molecule has 168 valence electrons. The second-order valence-electron chi connectivity index (χ2n) is 7.19. The lowest BCUT2D eigenvalue weighted by Gasteiger charge is -2.25. The largest absolute Gasteiger partial charge is 0.494 e. The summed E-state index contributed by atoms with van der Waals surface area (Å²) in [6, 6.07) is 24.3. The summed E-state index contributed by atoms with van der Waals surface area (Å²) < 4.78 is 33.5. The molecular weight excluding hydrogens is 424 g/mol. The van der Waals surface area contributed by atoms with Crippen LogP contribution < -0.4 is 14.4 Å². The van der Waals surface area contributed by atoms with Crippen LogP contribution in [0.3, 0.4) is 0 Å². The minimum absolute atomic E-state index is 0.0905. The van der Waals surface area contributed by atoms with Crippen LogP contribution in [0, 0.1) is 0 Å². The number of amides is 1. The van der Waals surface area contributed by atoms with Crippen LogP contribution in [0.5, 0.6) is 5.75 Å². The van der Waals surface area contributed by atoms with Gasteiger partial charge in [-0.2, -0.15) is 0 Å². The fourth-order valence-electron chi connectivity index (χ4n) is 3.39. The summed E-state index contributed by atoms with van der Waals surface area (Å²) in [6.45, 7) is 3.99. The molecule has 0 aliphatic rings. The number of nitrogens with one attached hydrogen (secondary N) is 1. The lowest BCUT2D eigenvalue weighted by molar-refractivity contribution is -0.120. The Hall–Kier alpha value is -3.32. The van der Waals surface area contributed by atoms with Crippen molar-refractivity contribution in [2.24, 2.45) is 0 Å². The Bertz CT molecular complexity index is 1100. The number of nitrogens with zero attached hydrogens (tertiary/aromatic N) is 1. The first kappa shape index (κ1) is 23.3. The van der Waals surface area contributed by atoms with Crippen molar-refractivity contribution in [3.05, 3.63) is 90.5 Å². The molecule has 0 heterocycles. The molecule has 0 saturated carbocycles. The number of ether oxygens (including phenoxy) is 1. The third kappa shape index (κ3) is 5.68. The summed E-state index contributed by atoms with van der Waals surface area (Å²) in [6.07, 6.45) is 0.687. The van der Waals surface area contributed by atoms with Crippen molar-refractivity contribution in [3.63, 3.8) is 0 Å². The van der Waals surface area contributed by atoms with Gasteiger partial charge in [-0.1, -0.05) is 55.5 Å². The minimum atomic E-state index is -3.97. The van der Waals surface area contributed by atoms with E-state index in [9.17, 15) is 13.2 Å². The van der Waals surface area contributed by atoms with Crippen molar-refractivity contribution >= 4 is 21.6 Å². The Morgan fingerprint density at radius 2 is 1.50 bits per heavy atom. The van der Waals surface area contributed by atoms with Crippen LogP contribution >= 0.6 is 0 Å². The molecule has 3 rings (SSSR count). The lowest BCUT2D eigenvalue weighted by atomic mass is 10.0. The van der Waals surface area contributed by atoms with Crippen molar-refractivity contribution in [2.75, 3.05) is 17.5 Å². The molecule has 1 N–H and O–H groups in total. The zero-order valence-corrected chi connectivity index (χ0v) is 19.1. The number of hydrogen-bond donors (Lipinski definition) is 1. The summed E-state index contributed by atoms with van der Waals surface area (Å²) in [5.74, 6) is 0.211. The maximum Gasteiger partial charge on any atom is 0.264 e. The Kier molecular flexibility index (Phi) is 7.89. The predicted octanol–water partition coefficient (Wildman–Crippen LogP) is 4.55. The van der Waals surface area contributed by atoms with E-state index in [0.717, 1.165) is 9.87 Å². The fourth-order valence-corrected chi connectivity index (χ4v) is 4.81. The van der Waals surface area contributed by atoms with E-state index in [0.29, 0.717) is 24.5 Å². The number of hydrogen-bond acceptors (Lipinski definition) is 4. The lowest BCUT2D eigenvalue weighted by Crippen LogP contribution is -2.42. The van der Waals surface area contributed by atoms with Gasteiger partial charge in [-0.3, -0.25) is 9.10 Å². The number of anilines is 1. The topological polar surface area (TPSA) is 75.7 Å². The summed E-state index contributed by atoms with van der Waals surface area (Å²) in [5.41, 5.74) is 1.40. The summed E-state index contributed by atoms with van der Waals surface area (Å²) in [4.78, 5) is 13.0. The van der Waals surface area contributed by atoms with Crippen LogP contribution in [0.2, 0.25) is 0 Å². The van der Waals surface area contributed by atoms with Gasteiger partial charge in [0, 0.05) is 0 Å². The minimum Gasteiger partial charge on any atom is -0.494 e. The predicted molar refractivity (Wildman–Crippen MR) is 126 cm³/mol. The van der Waals surface area contributed by atoms with Crippen molar-refractivity contribution in [2.45, 2.75) is 31.2 Å². The van der Waals surface area contributed by atoms with E-state index in [1.165, 1.54) is 12.1 Å². The smallest absolute Gasteiger partial charge is 0.264 e. The molecule has 1 atom stereocenters. The number of sulfonamides is 1. The third-order valence-corrected chi connectivity index (χ3v) is 6.79. The van der Waals surface area contributed by atoms with Crippen LogP contribution in [-0.2, 0) is 14.8 Å². The Balaban J connectivity index is 1.87. The Morgan fingerprint density at radius 1 is 0.906 bits per heavy atom. The third-order valence-electron chi connectivity index (χ3n) is 5.00. The first-order valence-electron chi connectivity index (χ1n) is 10.6. The number of benzene rings is 3. The van der Waals surface area contributed by atoms with E-state index in [1.807, 2.05) is 44.2 Å². The molecule has 3 aromatic carbocycles. The van der Waals surface area contributed by atoms with Crippen molar-refractivity contribution in [1.82, 2.24) is 5.32 Å². The molecule has 0 aromatic heterocycles. The van der Waals surface area contributed by atoms with Gasteiger partial charge in [0.2, 0.25) is 5.91 Å². The van der Waals surface area contributed by atoms with Gasteiger partial charge in [0.05, 0.1) is 23.2 Å². The summed E-state index contributed by atoms with van der Waals surface area (Å²) >= 11 is 0. The van der Waals surface area contributed by atoms with E-state index < -0.39 is 10.0 Å². The molecule has 0 saturated heterocycles. The van der Waals surface area contributed by atoms with Crippen molar-refractivity contribution in [1.29, 1.82) is 0 Å². The highest BCUT2D eigenvalue weighted by Crippen LogP contribution is 2.25. The molecular formula is C25H28N2O4S. The highest BCUT2D eigenvalue weighted by Gasteiger charge is 2.28. The Labute approximate surface area is 189 Å². The van der Waals surface area contributed by atoms with Crippen LogP contribution in [0.4, 0.5) is 5.69 Å². The number of para-hydroxylation sites is 1. The highest BCUT2D eigenvalue weighted by atomic mass is 32.2. The molecule has 1 amide bonds. The van der Waals surface area contributed by atoms with Gasteiger partial charge in [0.1, 0.15) is 12.3 Å². The molecule has 6 nitrogen and oxygen atoms in total. The van der Waals surface area contributed by atoms with Crippen LogP contribution in [0.15, 0.2) is 89.8 Å². The average Bonchev–Trinajstić information content (AvgIpc) is 2.82. The van der Waals surface area contributed by atoms with E-state index in [-0.39, 0.29) is 23.4 Å². The number of carbonyl (C=O) groups is 1.